The molecule has 2 rings (SSSR count). The molecule has 1 nitrogen and oxygen atoms in total. The molecule has 2 aromatic rings. The average molecular weight is 251 g/mol. The normalized spacial score (nSPS) is 7.89. The second kappa shape index (κ2) is 10.8. The first-order valence-corrected chi connectivity index (χ1v) is 6.15. The van der Waals surface area contributed by atoms with Crippen molar-refractivity contribution in [3.8, 4) is 6.07 Å². The molecule has 0 aliphatic rings. The average Bonchev–Trinajstić information content (AvgIpc) is 2.42. The largest absolute Gasteiger partial charge is 0.193 e. The second-order valence-electron chi connectivity index (χ2n) is 4.20. The molecular weight excluding hydrogens is 230 g/mol. The summed E-state index contributed by atoms with van der Waals surface area (Å²) in [6, 6.07) is 22.4. The Hall–Kier alpha value is -2.33. The molecule has 0 aliphatic heterocycles. The highest BCUT2D eigenvalue weighted by Gasteiger charge is 1.72. The molecule has 0 amide bonds. The summed E-state index contributed by atoms with van der Waals surface area (Å²) in [6.07, 6.45) is 0. The van der Waals surface area contributed by atoms with Gasteiger partial charge in [0.2, 0.25) is 0 Å². The van der Waals surface area contributed by atoms with Gasteiger partial charge in [0, 0.05) is 5.57 Å². The zero-order valence-electron chi connectivity index (χ0n) is 11.9. The molecule has 0 spiro atoms. The molecule has 0 atom stereocenters. The summed E-state index contributed by atoms with van der Waals surface area (Å²) in [5.41, 5.74) is 3.20. The van der Waals surface area contributed by atoms with Gasteiger partial charge in [0.05, 0.1) is 6.07 Å². The van der Waals surface area contributed by atoms with Crippen LogP contribution in [0.2, 0.25) is 0 Å². The van der Waals surface area contributed by atoms with E-state index in [2.05, 4.69) is 44.7 Å². The summed E-state index contributed by atoms with van der Waals surface area (Å²) < 4.78 is 0. The monoisotopic (exact) mass is 251 g/mol. The van der Waals surface area contributed by atoms with Gasteiger partial charge in [0.25, 0.3) is 0 Å². The van der Waals surface area contributed by atoms with Crippen LogP contribution in [0.5, 0.6) is 0 Å². The number of rotatable bonds is 0. The molecule has 0 N–H and O–H groups in total. The maximum Gasteiger partial charge on any atom is 0.0937 e. The minimum Gasteiger partial charge on any atom is -0.193 e. The summed E-state index contributed by atoms with van der Waals surface area (Å²) in [5, 5.41) is 7.79. The first-order valence-electron chi connectivity index (χ1n) is 6.15. The third kappa shape index (κ3) is 11.9. The lowest BCUT2D eigenvalue weighted by atomic mass is 10.2. The minimum absolute atomic E-state index is 0.560. The Kier molecular flexibility index (Phi) is 9.48. The van der Waals surface area contributed by atoms with Crippen LogP contribution < -0.4 is 0 Å². The molecule has 0 saturated carbocycles. The number of hydrogen-bond donors (Lipinski definition) is 0. The van der Waals surface area contributed by atoms with E-state index in [9.17, 15) is 0 Å². The standard InChI is InChI=1S/2C7H8.C4H5N/c2*1-7-5-3-2-4-6-7;1-4(2)3-5/h2*2-6H,1H3;1H2,2H3. The van der Waals surface area contributed by atoms with E-state index >= 15 is 0 Å². The van der Waals surface area contributed by atoms with Gasteiger partial charge in [-0.25, -0.2) is 0 Å². The lowest BCUT2D eigenvalue weighted by Crippen LogP contribution is -1.62. The van der Waals surface area contributed by atoms with Gasteiger partial charge >= 0.3 is 0 Å². The highest BCUT2D eigenvalue weighted by atomic mass is 14.2. The lowest BCUT2D eigenvalue weighted by molar-refractivity contribution is 1.46. The Morgan fingerprint density at radius 3 is 1.21 bits per heavy atom. The third-order valence-electron chi connectivity index (χ3n) is 2.07. The Balaban J connectivity index is 0.000000261. The Bertz CT molecular complexity index is 455. The van der Waals surface area contributed by atoms with Crippen molar-refractivity contribution in [3.63, 3.8) is 0 Å². The molecule has 98 valence electrons. The predicted octanol–water partition coefficient (Wildman–Crippen LogP) is 5.08. The number of nitrogens with zero attached hydrogens (tertiary/aromatic N) is 1. The molecule has 0 saturated heterocycles. The molecule has 0 unspecified atom stereocenters. The maximum atomic E-state index is 7.79. The van der Waals surface area contributed by atoms with Gasteiger partial charge in [0.15, 0.2) is 0 Å². The van der Waals surface area contributed by atoms with Crippen LogP contribution in [0, 0.1) is 25.2 Å². The summed E-state index contributed by atoms with van der Waals surface area (Å²) in [5.74, 6) is 0. The van der Waals surface area contributed by atoms with Crippen molar-refractivity contribution in [3.05, 3.63) is 83.9 Å². The van der Waals surface area contributed by atoms with Crippen molar-refractivity contribution in [1.82, 2.24) is 0 Å². The fraction of sp³-hybridized carbons (Fsp3) is 0.167. The maximum absolute atomic E-state index is 7.79. The van der Waals surface area contributed by atoms with Crippen LogP contribution >= 0.6 is 0 Å². The summed E-state index contributed by atoms with van der Waals surface area (Å²) in [6.45, 7) is 9.15. The molecule has 19 heavy (non-hydrogen) atoms. The molecule has 2 aromatic carbocycles. The zero-order valence-corrected chi connectivity index (χ0v) is 11.9. The van der Waals surface area contributed by atoms with Crippen molar-refractivity contribution in [2.75, 3.05) is 0 Å². The Morgan fingerprint density at radius 2 is 1.11 bits per heavy atom. The molecule has 0 fully saturated rings. The zero-order chi connectivity index (χ0) is 14.5. The summed E-state index contributed by atoms with van der Waals surface area (Å²) in [7, 11) is 0. The van der Waals surface area contributed by atoms with Crippen molar-refractivity contribution in [2.24, 2.45) is 0 Å². The van der Waals surface area contributed by atoms with Gasteiger partial charge in [-0.05, 0) is 20.8 Å². The fourth-order valence-electron chi connectivity index (χ4n) is 1.07. The van der Waals surface area contributed by atoms with E-state index in [1.807, 2.05) is 42.5 Å². The topological polar surface area (TPSA) is 23.8 Å². The van der Waals surface area contributed by atoms with Crippen LogP contribution in [0.3, 0.4) is 0 Å². The molecule has 1 heteroatoms. The van der Waals surface area contributed by atoms with Crippen LogP contribution in [-0.4, -0.2) is 0 Å². The molecule has 0 bridgehead atoms. The van der Waals surface area contributed by atoms with E-state index in [1.165, 1.54) is 11.1 Å². The second-order valence-corrected chi connectivity index (χ2v) is 4.20. The van der Waals surface area contributed by atoms with E-state index in [4.69, 9.17) is 5.26 Å². The minimum atomic E-state index is 0.560. The lowest BCUT2D eigenvalue weighted by Gasteiger charge is -1.82. The highest BCUT2D eigenvalue weighted by Crippen LogP contribution is 1.92. The highest BCUT2D eigenvalue weighted by molar-refractivity contribution is 5.12. The number of nitriles is 1. The Labute approximate surface area is 116 Å². The van der Waals surface area contributed by atoms with Crippen LogP contribution in [0.15, 0.2) is 72.8 Å². The van der Waals surface area contributed by atoms with Crippen molar-refractivity contribution in [2.45, 2.75) is 20.8 Å². The van der Waals surface area contributed by atoms with Gasteiger partial charge < -0.3 is 0 Å². The smallest absolute Gasteiger partial charge is 0.0937 e. The fourth-order valence-corrected chi connectivity index (χ4v) is 1.07. The van der Waals surface area contributed by atoms with E-state index < -0.39 is 0 Å². The van der Waals surface area contributed by atoms with Gasteiger partial charge in [-0.15, -0.1) is 0 Å². The van der Waals surface area contributed by atoms with Crippen molar-refractivity contribution in [1.29, 1.82) is 5.26 Å². The van der Waals surface area contributed by atoms with E-state index in [1.54, 1.807) is 6.92 Å². The first-order chi connectivity index (χ1) is 9.06. The van der Waals surface area contributed by atoms with E-state index in [-0.39, 0.29) is 0 Å². The molecule has 0 aromatic heterocycles. The van der Waals surface area contributed by atoms with E-state index in [0.29, 0.717) is 5.57 Å². The molecule has 0 aliphatic carbocycles. The quantitative estimate of drug-likeness (QED) is 0.599. The predicted molar refractivity (Wildman–Crippen MR) is 82.8 cm³/mol. The van der Waals surface area contributed by atoms with Crippen LogP contribution in [0.25, 0.3) is 0 Å². The SMILES string of the molecule is C=C(C)C#N.Cc1ccccc1.Cc1ccccc1. The molecular formula is C18H21N. The van der Waals surface area contributed by atoms with Gasteiger partial charge in [-0.1, -0.05) is 78.4 Å². The van der Waals surface area contributed by atoms with Crippen LogP contribution in [-0.2, 0) is 0 Å². The first kappa shape index (κ1) is 16.7. The van der Waals surface area contributed by atoms with Crippen molar-refractivity contribution < 1.29 is 0 Å². The van der Waals surface area contributed by atoms with Crippen LogP contribution in [0.4, 0.5) is 0 Å². The van der Waals surface area contributed by atoms with Gasteiger partial charge in [-0.2, -0.15) is 5.26 Å². The summed E-state index contributed by atoms with van der Waals surface area (Å²) >= 11 is 0. The van der Waals surface area contributed by atoms with Gasteiger partial charge in [-0.3, -0.25) is 0 Å². The number of aryl methyl sites for hydroxylation is 2. The number of benzene rings is 2. The molecule has 0 heterocycles. The number of allylic oxidation sites excluding steroid dienone is 1. The number of hydrogen-bond acceptors (Lipinski definition) is 1. The Morgan fingerprint density at radius 1 is 0.842 bits per heavy atom. The third-order valence-corrected chi connectivity index (χ3v) is 2.07. The van der Waals surface area contributed by atoms with E-state index in [0.717, 1.165) is 0 Å². The van der Waals surface area contributed by atoms with Crippen LogP contribution in [0.1, 0.15) is 18.1 Å². The molecule has 0 radical (unpaired) electrons. The van der Waals surface area contributed by atoms with Crippen molar-refractivity contribution >= 4 is 0 Å². The van der Waals surface area contributed by atoms with Gasteiger partial charge in [0.1, 0.15) is 0 Å². The summed E-state index contributed by atoms with van der Waals surface area (Å²) in [4.78, 5) is 0.